The van der Waals surface area contributed by atoms with Crippen LogP contribution in [0.2, 0.25) is 0 Å². The molecule has 5 rings (SSSR count). The zero-order valence-corrected chi connectivity index (χ0v) is 31.4. The molecule has 2 aromatic rings. The van der Waals surface area contributed by atoms with Gasteiger partial charge in [-0.25, -0.2) is 13.6 Å². The third-order valence-electron chi connectivity index (χ3n) is 11.2. The highest BCUT2D eigenvalue weighted by Gasteiger charge is 2.50. The lowest BCUT2D eigenvalue weighted by Gasteiger charge is -2.42. The van der Waals surface area contributed by atoms with Gasteiger partial charge in [0.15, 0.2) is 0 Å². The van der Waals surface area contributed by atoms with Crippen LogP contribution in [0, 0.1) is 23.0 Å². The minimum atomic E-state index is -0.883. The van der Waals surface area contributed by atoms with Gasteiger partial charge in [0.05, 0.1) is 12.0 Å². The molecule has 2 heterocycles. The lowest BCUT2D eigenvalue weighted by Crippen LogP contribution is -2.51. The van der Waals surface area contributed by atoms with Gasteiger partial charge in [0.25, 0.3) is 0 Å². The Bertz CT molecular complexity index is 1590. The van der Waals surface area contributed by atoms with Crippen LogP contribution in [-0.2, 0) is 25.7 Å². The van der Waals surface area contributed by atoms with Crippen molar-refractivity contribution in [3.8, 4) is 0 Å². The summed E-state index contributed by atoms with van der Waals surface area (Å²) in [6.45, 7) is 13.3. The van der Waals surface area contributed by atoms with Crippen molar-refractivity contribution >= 4 is 23.8 Å². The molecule has 0 aromatic heterocycles. The van der Waals surface area contributed by atoms with Crippen molar-refractivity contribution in [2.75, 3.05) is 32.7 Å². The SMILES string of the molecule is CC(=O)N(C1CCC(C)(C)CC1)[C@H]1C[C@@H](C(=O)NCCNC(=O)OCc2ccccc2)N(C(=O)[C@@H]2CN(C(C)(C)C)C[C@H]2c2ccc(F)cc2F)C1. The molecule has 2 saturated heterocycles. The van der Waals surface area contributed by atoms with Crippen molar-refractivity contribution in [3.05, 3.63) is 71.3 Å². The Labute approximate surface area is 306 Å². The summed E-state index contributed by atoms with van der Waals surface area (Å²) in [7, 11) is 0. The number of hydrogen-bond acceptors (Lipinski definition) is 6. The van der Waals surface area contributed by atoms with Crippen LogP contribution in [0.1, 0.15) is 90.7 Å². The quantitative estimate of drug-likeness (QED) is 0.309. The average Bonchev–Trinajstić information content (AvgIpc) is 3.73. The molecule has 2 aliphatic heterocycles. The number of halogens is 2. The van der Waals surface area contributed by atoms with Gasteiger partial charge in [-0.2, -0.15) is 0 Å². The van der Waals surface area contributed by atoms with Crippen LogP contribution >= 0.6 is 0 Å². The number of rotatable bonds is 10. The molecule has 2 N–H and O–H groups in total. The minimum absolute atomic E-state index is 0.00399. The normalized spacial score (nSPS) is 23.7. The monoisotopic (exact) mass is 723 g/mol. The molecule has 1 aliphatic carbocycles. The molecule has 4 amide bonds. The first-order valence-corrected chi connectivity index (χ1v) is 18.6. The predicted molar refractivity (Wildman–Crippen MR) is 194 cm³/mol. The van der Waals surface area contributed by atoms with Gasteiger partial charge in [-0.15, -0.1) is 0 Å². The molecule has 0 bridgehead atoms. The zero-order chi connectivity index (χ0) is 37.8. The fraction of sp³-hybridized carbons (Fsp3) is 0.600. The van der Waals surface area contributed by atoms with Gasteiger partial charge in [0.1, 0.15) is 24.3 Å². The van der Waals surface area contributed by atoms with Gasteiger partial charge in [-0.05, 0) is 75.5 Å². The Hall–Kier alpha value is -4.06. The summed E-state index contributed by atoms with van der Waals surface area (Å²) in [6, 6.07) is 11.5. The van der Waals surface area contributed by atoms with Crippen molar-refractivity contribution < 1.29 is 32.7 Å². The third kappa shape index (κ3) is 9.48. The smallest absolute Gasteiger partial charge is 0.407 e. The second-order valence-electron chi connectivity index (χ2n) is 16.5. The van der Waals surface area contributed by atoms with E-state index in [0.717, 1.165) is 37.3 Å². The van der Waals surface area contributed by atoms with Crippen LogP contribution < -0.4 is 10.6 Å². The van der Waals surface area contributed by atoms with E-state index in [4.69, 9.17) is 4.74 Å². The second-order valence-corrected chi connectivity index (χ2v) is 16.5. The fourth-order valence-corrected chi connectivity index (χ4v) is 8.16. The summed E-state index contributed by atoms with van der Waals surface area (Å²) < 4.78 is 34.5. The van der Waals surface area contributed by atoms with Crippen molar-refractivity contribution in [1.29, 1.82) is 0 Å². The van der Waals surface area contributed by atoms with Gasteiger partial charge >= 0.3 is 6.09 Å². The number of ether oxygens (including phenoxy) is 1. The van der Waals surface area contributed by atoms with E-state index in [1.54, 1.807) is 11.8 Å². The molecule has 0 radical (unpaired) electrons. The van der Waals surface area contributed by atoms with E-state index in [-0.39, 0.29) is 73.1 Å². The molecule has 284 valence electrons. The molecule has 3 aliphatic rings. The maximum absolute atomic E-state index is 15.3. The number of carbonyl (C=O) groups excluding carboxylic acids is 4. The summed E-state index contributed by atoms with van der Waals surface area (Å²) in [5.74, 6) is -3.43. The van der Waals surface area contributed by atoms with E-state index < -0.39 is 41.5 Å². The van der Waals surface area contributed by atoms with Gasteiger partial charge in [0, 0.05) is 63.2 Å². The molecule has 52 heavy (non-hydrogen) atoms. The molecule has 3 fully saturated rings. The number of alkyl carbamates (subject to hydrolysis) is 1. The number of benzene rings is 2. The number of amides is 4. The number of nitrogens with zero attached hydrogens (tertiary/aromatic N) is 3. The van der Waals surface area contributed by atoms with Crippen LogP contribution in [-0.4, -0.2) is 94.9 Å². The molecule has 4 atom stereocenters. The van der Waals surface area contributed by atoms with Gasteiger partial charge < -0.3 is 25.2 Å². The first kappa shape index (κ1) is 39.2. The Morgan fingerprint density at radius 3 is 2.23 bits per heavy atom. The lowest BCUT2D eigenvalue weighted by atomic mass is 9.75. The highest BCUT2D eigenvalue weighted by molar-refractivity contribution is 5.90. The van der Waals surface area contributed by atoms with Crippen LogP contribution in [0.3, 0.4) is 0 Å². The van der Waals surface area contributed by atoms with E-state index in [1.165, 1.54) is 12.1 Å². The number of nitrogens with one attached hydrogen (secondary N) is 2. The largest absolute Gasteiger partial charge is 0.445 e. The number of likely N-dealkylation sites (tertiary alicyclic amines) is 2. The zero-order valence-electron chi connectivity index (χ0n) is 31.4. The summed E-state index contributed by atoms with van der Waals surface area (Å²) in [5, 5.41) is 5.53. The predicted octanol–water partition coefficient (Wildman–Crippen LogP) is 5.61. The highest BCUT2D eigenvalue weighted by Crippen LogP contribution is 2.42. The van der Waals surface area contributed by atoms with E-state index in [9.17, 15) is 23.6 Å². The third-order valence-corrected chi connectivity index (χ3v) is 11.2. The first-order valence-electron chi connectivity index (χ1n) is 18.6. The fourth-order valence-electron chi connectivity index (χ4n) is 8.16. The summed E-state index contributed by atoms with van der Waals surface area (Å²) in [5.41, 5.74) is 0.973. The number of hydrogen-bond donors (Lipinski definition) is 2. The first-order chi connectivity index (χ1) is 24.5. The molecular formula is C40H55F2N5O5. The maximum atomic E-state index is 15.3. The van der Waals surface area contributed by atoms with Crippen LogP contribution in [0.4, 0.5) is 13.6 Å². The van der Waals surface area contributed by atoms with E-state index >= 15 is 4.39 Å². The van der Waals surface area contributed by atoms with Crippen LogP contribution in [0.25, 0.3) is 0 Å². The molecule has 2 aromatic carbocycles. The standard InChI is InChI=1S/C40H55F2N5O5/c1-26(48)47(29-14-16-40(5,6)17-15-29)30-21-35(36(49)43-18-19-44-38(51)52-25-27-10-8-7-9-11-27)46(22-30)37(50)33-24-45(39(2,3)4)23-32(33)31-13-12-28(41)20-34(31)42/h7-13,20,29-30,32-33,35H,14-19,21-25H2,1-6H3,(H,43,49)(H,44,51)/t30-,32-,33+,35-/m0/s1. The van der Waals surface area contributed by atoms with E-state index in [2.05, 4.69) is 29.4 Å². The number of carbonyl (C=O) groups is 4. The van der Waals surface area contributed by atoms with Crippen molar-refractivity contribution in [1.82, 2.24) is 25.3 Å². The van der Waals surface area contributed by atoms with E-state index in [0.29, 0.717) is 13.1 Å². The second kappa shape index (κ2) is 16.3. The van der Waals surface area contributed by atoms with Crippen molar-refractivity contribution in [3.63, 3.8) is 0 Å². The topological polar surface area (TPSA) is 111 Å². The Balaban J connectivity index is 1.34. The molecule has 10 nitrogen and oxygen atoms in total. The van der Waals surface area contributed by atoms with Gasteiger partial charge in [0.2, 0.25) is 17.7 Å². The Morgan fingerprint density at radius 1 is 0.923 bits per heavy atom. The molecule has 12 heteroatoms. The molecule has 0 unspecified atom stereocenters. The highest BCUT2D eigenvalue weighted by atomic mass is 19.1. The van der Waals surface area contributed by atoms with E-state index in [1.807, 2.05) is 56.0 Å². The van der Waals surface area contributed by atoms with Crippen LogP contribution in [0.15, 0.2) is 48.5 Å². The Kier molecular flexibility index (Phi) is 12.3. The Morgan fingerprint density at radius 2 is 1.60 bits per heavy atom. The summed E-state index contributed by atoms with van der Waals surface area (Å²) >= 11 is 0. The minimum Gasteiger partial charge on any atom is -0.445 e. The van der Waals surface area contributed by atoms with Crippen LogP contribution in [0.5, 0.6) is 0 Å². The van der Waals surface area contributed by atoms with Gasteiger partial charge in [-0.3, -0.25) is 19.3 Å². The molecule has 0 spiro atoms. The lowest BCUT2D eigenvalue weighted by molar-refractivity contribution is -0.142. The summed E-state index contributed by atoms with van der Waals surface area (Å²) in [6.07, 6.45) is 3.26. The molecule has 1 saturated carbocycles. The average molecular weight is 724 g/mol. The molecular weight excluding hydrogens is 668 g/mol. The van der Waals surface area contributed by atoms with Crippen molar-refractivity contribution in [2.24, 2.45) is 11.3 Å². The summed E-state index contributed by atoms with van der Waals surface area (Å²) in [4.78, 5) is 59.8. The van der Waals surface area contributed by atoms with Gasteiger partial charge in [-0.1, -0.05) is 50.2 Å². The maximum Gasteiger partial charge on any atom is 0.407 e. The van der Waals surface area contributed by atoms with Crippen molar-refractivity contribution in [2.45, 2.75) is 110 Å².